The minimum absolute atomic E-state index is 0.0241. The number of ether oxygens (including phenoxy) is 1. The molecule has 6 nitrogen and oxygen atoms in total. The summed E-state index contributed by atoms with van der Waals surface area (Å²) in [4.78, 5) is 26.2. The average Bonchev–Trinajstić information content (AvgIpc) is 2.86. The van der Waals surface area contributed by atoms with Crippen LogP contribution in [-0.4, -0.2) is 61.8 Å². The largest absolute Gasteiger partial charge is 0.373 e. The van der Waals surface area contributed by atoms with Gasteiger partial charge in [0.1, 0.15) is 0 Å². The lowest BCUT2D eigenvalue weighted by Gasteiger charge is -2.36. The Bertz CT molecular complexity index is 741. The summed E-state index contributed by atoms with van der Waals surface area (Å²) in [5, 5.41) is 0. The first-order valence-corrected chi connectivity index (χ1v) is 9.89. The number of benzene rings is 1. The van der Waals surface area contributed by atoms with Gasteiger partial charge in [-0.25, -0.2) is 8.42 Å². The second-order valence-corrected chi connectivity index (χ2v) is 8.58. The summed E-state index contributed by atoms with van der Waals surface area (Å²) < 4.78 is 29.0. The van der Waals surface area contributed by atoms with Crippen LogP contribution in [0, 0.1) is 6.92 Å². The van der Waals surface area contributed by atoms with E-state index in [-0.39, 0.29) is 36.0 Å². The molecule has 0 radical (unpaired) electrons. The predicted octanol–water partition coefficient (Wildman–Crippen LogP) is 0.982. The zero-order valence-corrected chi connectivity index (χ0v) is 14.4. The number of fused-ring (bicyclic) bond motifs is 1. The predicted molar refractivity (Wildman–Crippen MR) is 88.6 cm³/mol. The van der Waals surface area contributed by atoms with E-state index >= 15 is 0 Å². The third kappa shape index (κ3) is 3.67. The number of nitrogens with zero attached hydrogens (tertiary/aromatic N) is 1. The van der Waals surface area contributed by atoms with E-state index in [2.05, 4.69) is 0 Å². The molecule has 1 aromatic rings. The number of Topliss-reactive ketones (excluding diaryl/α,β-unsaturated/α-hetero) is 1. The maximum atomic E-state index is 12.5. The molecular formula is C17H21NO5S. The molecule has 2 saturated heterocycles. The summed E-state index contributed by atoms with van der Waals surface area (Å²) >= 11 is 0. The molecule has 3 rings (SSSR count). The van der Waals surface area contributed by atoms with Crippen LogP contribution in [0.15, 0.2) is 24.3 Å². The number of aryl methyl sites for hydroxylation is 1. The molecule has 2 unspecified atom stereocenters. The van der Waals surface area contributed by atoms with Crippen LogP contribution in [0.1, 0.15) is 28.8 Å². The van der Waals surface area contributed by atoms with Crippen molar-refractivity contribution in [1.29, 1.82) is 0 Å². The number of amides is 1. The van der Waals surface area contributed by atoms with Crippen LogP contribution in [0.4, 0.5) is 0 Å². The molecule has 2 fully saturated rings. The number of rotatable bonds is 4. The van der Waals surface area contributed by atoms with Crippen molar-refractivity contribution in [3.05, 3.63) is 35.4 Å². The van der Waals surface area contributed by atoms with Crippen molar-refractivity contribution >= 4 is 21.5 Å². The molecule has 130 valence electrons. The number of hydrogen-bond donors (Lipinski definition) is 0. The van der Waals surface area contributed by atoms with Crippen molar-refractivity contribution in [1.82, 2.24) is 4.90 Å². The topological polar surface area (TPSA) is 80.8 Å². The summed E-state index contributed by atoms with van der Waals surface area (Å²) in [6.45, 7) is 2.67. The molecule has 7 heteroatoms. The lowest BCUT2D eigenvalue weighted by Crippen LogP contribution is -2.53. The lowest BCUT2D eigenvalue weighted by molar-refractivity contribution is -0.142. The fourth-order valence-corrected chi connectivity index (χ4v) is 5.14. The Labute approximate surface area is 141 Å². The summed E-state index contributed by atoms with van der Waals surface area (Å²) in [5.41, 5.74) is 1.67. The number of sulfone groups is 1. The van der Waals surface area contributed by atoms with E-state index in [1.165, 1.54) is 0 Å². The Balaban J connectivity index is 1.60. The number of morpholine rings is 1. The van der Waals surface area contributed by atoms with E-state index in [1.54, 1.807) is 17.0 Å². The molecule has 0 N–H and O–H groups in total. The van der Waals surface area contributed by atoms with Gasteiger partial charge in [-0.15, -0.1) is 0 Å². The number of ketones is 1. The standard InChI is InChI=1S/C17H21NO5S/c1-12-2-4-13(5-3-12)15(19)6-7-17(20)18-8-9-23-16-11-24(21,22)10-14(16)18/h2-5,14,16H,6-11H2,1H3. The lowest BCUT2D eigenvalue weighted by atomic mass is 10.0. The van der Waals surface area contributed by atoms with Crippen molar-refractivity contribution in [2.75, 3.05) is 24.7 Å². The zero-order valence-electron chi connectivity index (χ0n) is 13.6. The van der Waals surface area contributed by atoms with Crippen LogP contribution in [0.3, 0.4) is 0 Å². The molecule has 0 spiro atoms. The molecule has 0 aromatic heterocycles. The molecular weight excluding hydrogens is 330 g/mol. The summed E-state index contributed by atoms with van der Waals surface area (Å²) in [7, 11) is -3.16. The first-order valence-electron chi connectivity index (χ1n) is 8.07. The number of carbonyl (C=O) groups excluding carboxylic acids is 2. The Morgan fingerprint density at radius 2 is 1.88 bits per heavy atom. The molecule has 2 atom stereocenters. The Kier molecular flexibility index (Phi) is 4.73. The van der Waals surface area contributed by atoms with E-state index in [0.29, 0.717) is 18.7 Å². The second-order valence-electron chi connectivity index (χ2n) is 6.43. The second kappa shape index (κ2) is 6.64. The first kappa shape index (κ1) is 17.1. The van der Waals surface area contributed by atoms with Gasteiger partial charge in [0.25, 0.3) is 0 Å². The highest BCUT2D eigenvalue weighted by Gasteiger charge is 2.45. The highest BCUT2D eigenvalue weighted by atomic mass is 32.2. The van der Waals surface area contributed by atoms with Gasteiger partial charge in [0.05, 0.1) is 30.3 Å². The van der Waals surface area contributed by atoms with Gasteiger partial charge >= 0.3 is 0 Å². The van der Waals surface area contributed by atoms with Crippen LogP contribution >= 0.6 is 0 Å². The Morgan fingerprint density at radius 1 is 1.17 bits per heavy atom. The minimum Gasteiger partial charge on any atom is -0.373 e. The highest BCUT2D eigenvalue weighted by Crippen LogP contribution is 2.25. The molecule has 0 aliphatic carbocycles. The molecule has 2 aliphatic rings. The maximum Gasteiger partial charge on any atom is 0.223 e. The SMILES string of the molecule is Cc1ccc(C(=O)CCC(=O)N2CCOC3CS(=O)(=O)CC32)cc1. The van der Waals surface area contributed by atoms with Gasteiger partial charge < -0.3 is 9.64 Å². The van der Waals surface area contributed by atoms with E-state index < -0.39 is 22.0 Å². The zero-order chi connectivity index (χ0) is 17.3. The Morgan fingerprint density at radius 3 is 2.58 bits per heavy atom. The Hall–Kier alpha value is -1.73. The summed E-state index contributed by atoms with van der Waals surface area (Å²) in [6.07, 6.45) is -0.208. The molecule has 0 saturated carbocycles. The number of carbonyl (C=O) groups is 2. The normalized spacial score (nSPS) is 25.3. The molecule has 1 aromatic carbocycles. The molecule has 1 amide bonds. The van der Waals surface area contributed by atoms with Gasteiger partial charge in [-0.3, -0.25) is 9.59 Å². The molecule has 2 heterocycles. The van der Waals surface area contributed by atoms with E-state index in [9.17, 15) is 18.0 Å². The van der Waals surface area contributed by atoms with Crippen molar-refractivity contribution in [2.45, 2.75) is 31.9 Å². The van der Waals surface area contributed by atoms with Crippen molar-refractivity contribution in [3.8, 4) is 0 Å². The van der Waals surface area contributed by atoms with E-state index in [1.807, 2.05) is 19.1 Å². The van der Waals surface area contributed by atoms with Gasteiger partial charge in [-0.05, 0) is 6.92 Å². The summed E-state index contributed by atoms with van der Waals surface area (Å²) in [6, 6.07) is 6.84. The molecule has 0 bridgehead atoms. The first-order chi connectivity index (χ1) is 11.4. The average molecular weight is 351 g/mol. The van der Waals surface area contributed by atoms with Crippen molar-refractivity contribution < 1.29 is 22.7 Å². The monoisotopic (exact) mass is 351 g/mol. The smallest absolute Gasteiger partial charge is 0.223 e. The van der Waals surface area contributed by atoms with Crippen LogP contribution < -0.4 is 0 Å². The minimum atomic E-state index is -3.16. The highest BCUT2D eigenvalue weighted by molar-refractivity contribution is 7.91. The van der Waals surface area contributed by atoms with Crippen molar-refractivity contribution in [2.24, 2.45) is 0 Å². The third-order valence-electron chi connectivity index (χ3n) is 4.60. The van der Waals surface area contributed by atoms with Crippen LogP contribution in [0.5, 0.6) is 0 Å². The third-order valence-corrected chi connectivity index (χ3v) is 6.28. The van der Waals surface area contributed by atoms with Gasteiger partial charge in [-0.2, -0.15) is 0 Å². The van der Waals surface area contributed by atoms with Gasteiger partial charge in [0, 0.05) is 24.9 Å². The fourth-order valence-electron chi connectivity index (χ4n) is 3.27. The van der Waals surface area contributed by atoms with Crippen LogP contribution in [-0.2, 0) is 19.4 Å². The van der Waals surface area contributed by atoms with Gasteiger partial charge in [0.2, 0.25) is 5.91 Å². The maximum absolute atomic E-state index is 12.5. The summed E-state index contributed by atoms with van der Waals surface area (Å²) in [5.74, 6) is -0.322. The number of hydrogen-bond acceptors (Lipinski definition) is 5. The van der Waals surface area contributed by atoms with E-state index in [0.717, 1.165) is 5.56 Å². The molecule has 24 heavy (non-hydrogen) atoms. The van der Waals surface area contributed by atoms with Crippen LogP contribution in [0.25, 0.3) is 0 Å². The quantitative estimate of drug-likeness (QED) is 0.756. The van der Waals surface area contributed by atoms with Gasteiger partial charge in [-0.1, -0.05) is 29.8 Å². The fraction of sp³-hybridized carbons (Fsp3) is 0.529. The van der Waals surface area contributed by atoms with Crippen LogP contribution in [0.2, 0.25) is 0 Å². The van der Waals surface area contributed by atoms with Gasteiger partial charge in [0.15, 0.2) is 15.6 Å². The molecule has 2 aliphatic heterocycles. The van der Waals surface area contributed by atoms with E-state index in [4.69, 9.17) is 4.74 Å². The van der Waals surface area contributed by atoms with Crippen molar-refractivity contribution in [3.63, 3.8) is 0 Å².